The highest BCUT2D eigenvalue weighted by molar-refractivity contribution is 9.10. The maximum absolute atomic E-state index is 5.02. The van der Waals surface area contributed by atoms with Gasteiger partial charge < -0.3 is 0 Å². The minimum absolute atomic E-state index is 0.530. The van der Waals surface area contributed by atoms with Crippen molar-refractivity contribution in [1.82, 2.24) is 4.98 Å². The lowest BCUT2D eigenvalue weighted by molar-refractivity contribution is 0.864. The van der Waals surface area contributed by atoms with E-state index in [9.17, 15) is 0 Å². The molecule has 0 bridgehead atoms. The molecule has 26 heavy (non-hydrogen) atoms. The molecule has 130 valence electrons. The van der Waals surface area contributed by atoms with Gasteiger partial charge in [-0.25, -0.2) is 0 Å². The van der Waals surface area contributed by atoms with Crippen molar-refractivity contribution in [3.8, 4) is 0 Å². The summed E-state index contributed by atoms with van der Waals surface area (Å²) in [6.45, 7) is 6.64. The average molecular weight is 404 g/mol. The van der Waals surface area contributed by atoms with Crippen LogP contribution in [0.1, 0.15) is 42.1 Å². The van der Waals surface area contributed by atoms with Crippen LogP contribution in [0.4, 0.5) is 0 Å². The van der Waals surface area contributed by atoms with Crippen LogP contribution in [0, 0.1) is 6.92 Å². The number of rotatable bonds is 3. The molecule has 0 radical (unpaired) electrons. The van der Waals surface area contributed by atoms with Gasteiger partial charge in [-0.05, 0) is 47.1 Å². The second-order valence-electron chi connectivity index (χ2n) is 7.26. The summed E-state index contributed by atoms with van der Waals surface area (Å²) < 4.78 is 1.17. The third-order valence-corrected chi connectivity index (χ3v) is 5.85. The molecule has 0 saturated carbocycles. The summed E-state index contributed by atoms with van der Waals surface area (Å²) in [5, 5.41) is 3.81. The van der Waals surface area contributed by atoms with Gasteiger partial charge in [0.1, 0.15) is 0 Å². The number of fused-ring (bicyclic) bond motifs is 3. The summed E-state index contributed by atoms with van der Waals surface area (Å²) in [7, 11) is 0. The van der Waals surface area contributed by atoms with Gasteiger partial charge in [-0.3, -0.25) is 4.98 Å². The first-order valence-electron chi connectivity index (χ1n) is 9.10. The maximum atomic E-state index is 5.02. The largest absolute Gasteiger partial charge is 0.252 e. The van der Waals surface area contributed by atoms with Crippen LogP contribution in [0.2, 0.25) is 0 Å². The van der Waals surface area contributed by atoms with E-state index in [1.165, 1.54) is 37.3 Å². The average Bonchev–Trinajstić information content (AvgIpc) is 2.63. The van der Waals surface area contributed by atoms with Gasteiger partial charge in [-0.15, -0.1) is 0 Å². The Kier molecular flexibility index (Phi) is 4.54. The van der Waals surface area contributed by atoms with Crippen molar-refractivity contribution in [2.45, 2.75) is 33.1 Å². The molecule has 1 nitrogen and oxygen atoms in total. The molecular formula is C24H22BrN. The number of para-hydroxylation sites is 1. The van der Waals surface area contributed by atoms with Crippen molar-refractivity contribution in [2.75, 3.05) is 0 Å². The topological polar surface area (TPSA) is 12.9 Å². The van der Waals surface area contributed by atoms with E-state index in [4.69, 9.17) is 4.98 Å². The highest BCUT2D eigenvalue weighted by atomic mass is 79.9. The zero-order valence-corrected chi connectivity index (χ0v) is 17.0. The predicted octanol–water partition coefficient (Wildman–Crippen LogP) is 7.17. The normalized spacial score (nSPS) is 11.6. The highest BCUT2D eigenvalue weighted by Crippen LogP contribution is 2.32. The minimum atomic E-state index is 0.530. The molecule has 0 saturated heterocycles. The van der Waals surface area contributed by atoms with Crippen molar-refractivity contribution in [2.24, 2.45) is 0 Å². The third kappa shape index (κ3) is 3.03. The third-order valence-electron chi connectivity index (χ3n) is 5.11. The van der Waals surface area contributed by atoms with E-state index in [-0.39, 0.29) is 0 Å². The van der Waals surface area contributed by atoms with E-state index >= 15 is 0 Å². The fraction of sp³-hybridized carbons (Fsp3) is 0.208. The van der Waals surface area contributed by atoms with Crippen molar-refractivity contribution < 1.29 is 0 Å². The van der Waals surface area contributed by atoms with Gasteiger partial charge in [-0.1, -0.05) is 78.3 Å². The summed E-state index contributed by atoms with van der Waals surface area (Å²) in [5.74, 6) is 0.530. The van der Waals surface area contributed by atoms with Crippen LogP contribution in [0.15, 0.2) is 65.1 Å². The van der Waals surface area contributed by atoms with Crippen LogP contribution < -0.4 is 0 Å². The standard InChI is InChI=1S/C24H22BrN/c1-15(2)17-11-12-18(21(25)13-17)14-23-20-9-6-7-16(3)24(20)19-8-4-5-10-22(19)26-23/h4-13,15H,14H2,1-3H3. The van der Waals surface area contributed by atoms with Gasteiger partial charge in [0.25, 0.3) is 0 Å². The second-order valence-corrected chi connectivity index (χ2v) is 8.11. The van der Waals surface area contributed by atoms with E-state index < -0.39 is 0 Å². The number of pyridine rings is 1. The number of nitrogens with zero attached hydrogens (tertiary/aromatic N) is 1. The Morgan fingerprint density at radius 1 is 0.923 bits per heavy atom. The Bertz CT molecular complexity index is 1110. The van der Waals surface area contributed by atoms with Crippen LogP contribution >= 0.6 is 15.9 Å². The molecule has 4 rings (SSSR count). The monoisotopic (exact) mass is 403 g/mol. The number of benzene rings is 3. The molecule has 1 aromatic heterocycles. The molecule has 0 unspecified atom stereocenters. The Hall–Kier alpha value is -2.19. The second kappa shape index (κ2) is 6.85. The lowest BCUT2D eigenvalue weighted by Crippen LogP contribution is -1.98. The molecular weight excluding hydrogens is 382 g/mol. The molecule has 1 heterocycles. The summed E-state index contributed by atoms with van der Waals surface area (Å²) >= 11 is 3.77. The molecule has 2 heteroatoms. The zero-order valence-electron chi connectivity index (χ0n) is 15.4. The first-order chi connectivity index (χ1) is 12.5. The van der Waals surface area contributed by atoms with Gasteiger partial charge in [0.05, 0.1) is 11.2 Å². The van der Waals surface area contributed by atoms with Crippen LogP contribution in [-0.4, -0.2) is 4.98 Å². The lowest BCUT2D eigenvalue weighted by Gasteiger charge is -2.14. The quantitative estimate of drug-likeness (QED) is 0.330. The molecule has 0 aliphatic heterocycles. The molecule has 0 aliphatic carbocycles. The molecule has 0 fully saturated rings. The lowest BCUT2D eigenvalue weighted by atomic mass is 9.96. The van der Waals surface area contributed by atoms with Gasteiger partial charge in [0, 0.05) is 21.7 Å². The summed E-state index contributed by atoms with van der Waals surface area (Å²) in [4.78, 5) is 5.02. The van der Waals surface area contributed by atoms with Gasteiger partial charge in [0.15, 0.2) is 0 Å². The summed E-state index contributed by atoms with van der Waals surface area (Å²) in [5.41, 5.74) is 6.14. The molecule has 4 aromatic rings. The summed E-state index contributed by atoms with van der Waals surface area (Å²) in [6.07, 6.45) is 0.823. The van der Waals surface area contributed by atoms with E-state index in [1.807, 2.05) is 0 Å². The Labute approximate surface area is 163 Å². The Morgan fingerprint density at radius 3 is 2.46 bits per heavy atom. The molecule has 3 aromatic carbocycles. The molecule has 0 N–H and O–H groups in total. The van der Waals surface area contributed by atoms with Gasteiger partial charge >= 0.3 is 0 Å². The van der Waals surface area contributed by atoms with Crippen LogP contribution in [0.5, 0.6) is 0 Å². The number of aryl methyl sites for hydroxylation is 1. The van der Waals surface area contributed by atoms with E-state index in [0.29, 0.717) is 5.92 Å². The highest BCUT2D eigenvalue weighted by Gasteiger charge is 2.12. The number of hydrogen-bond donors (Lipinski definition) is 0. The molecule has 0 atom stereocenters. The van der Waals surface area contributed by atoms with Crippen molar-refractivity contribution in [3.05, 3.63) is 87.5 Å². The summed E-state index contributed by atoms with van der Waals surface area (Å²) in [6, 6.07) is 21.7. The number of halogens is 1. The fourth-order valence-corrected chi connectivity index (χ4v) is 4.17. The van der Waals surface area contributed by atoms with Crippen molar-refractivity contribution in [1.29, 1.82) is 0 Å². The van der Waals surface area contributed by atoms with Crippen LogP contribution in [-0.2, 0) is 6.42 Å². The molecule has 0 amide bonds. The van der Waals surface area contributed by atoms with Crippen LogP contribution in [0.25, 0.3) is 21.7 Å². The van der Waals surface area contributed by atoms with E-state index in [2.05, 4.69) is 97.4 Å². The first-order valence-corrected chi connectivity index (χ1v) is 9.89. The molecule has 0 aliphatic rings. The minimum Gasteiger partial charge on any atom is -0.252 e. The Balaban J connectivity index is 1.90. The van der Waals surface area contributed by atoms with Crippen LogP contribution in [0.3, 0.4) is 0 Å². The maximum Gasteiger partial charge on any atom is 0.0712 e. The van der Waals surface area contributed by atoms with E-state index in [0.717, 1.165) is 17.6 Å². The van der Waals surface area contributed by atoms with Crippen molar-refractivity contribution >= 4 is 37.6 Å². The zero-order chi connectivity index (χ0) is 18.3. The van der Waals surface area contributed by atoms with Gasteiger partial charge in [0.2, 0.25) is 0 Å². The fourth-order valence-electron chi connectivity index (χ4n) is 3.64. The first kappa shape index (κ1) is 17.2. The Morgan fingerprint density at radius 2 is 1.69 bits per heavy atom. The predicted molar refractivity (Wildman–Crippen MR) is 115 cm³/mol. The van der Waals surface area contributed by atoms with Crippen molar-refractivity contribution in [3.63, 3.8) is 0 Å². The molecule has 0 spiro atoms. The van der Waals surface area contributed by atoms with E-state index in [1.54, 1.807) is 0 Å². The smallest absolute Gasteiger partial charge is 0.0712 e. The number of hydrogen-bond acceptors (Lipinski definition) is 1. The number of aromatic nitrogens is 1. The SMILES string of the molecule is Cc1cccc2c(Cc3ccc(C(C)C)cc3Br)nc3ccccc3c12. The van der Waals surface area contributed by atoms with Gasteiger partial charge in [-0.2, -0.15) is 0 Å².